The van der Waals surface area contributed by atoms with Crippen molar-refractivity contribution in [1.29, 1.82) is 0 Å². The molecule has 0 saturated heterocycles. The zero-order valence-electron chi connectivity index (χ0n) is 8.03. The highest BCUT2D eigenvalue weighted by Gasteiger charge is 1.97. The summed E-state index contributed by atoms with van der Waals surface area (Å²) < 4.78 is 0. The van der Waals surface area contributed by atoms with Crippen LogP contribution < -0.4 is 5.32 Å². The van der Waals surface area contributed by atoms with Gasteiger partial charge in [0.05, 0.1) is 12.1 Å². The maximum absolute atomic E-state index is 4.04. The van der Waals surface area contributed by atoms with E-state index in [1.54, 1.807) is 11.3 Å². The molecule has 0 bridgehead atoms. The number of nitrogens with one attached hydrogen (secondary N) is 1. The molecule has 0 aliphatic rings. The van der Waals surface area contributed by atoms with E-state index in [1.165, 1.54) is 16.1 Å². The number of rotatable bonds is 3. The predicted molar refractivity (Wildman–Crippen MR) is 60.6 cm³/mol. The van der Waals surface area contributed by atoms with Crippen LogP contribution in [-0.2, 0) is 6.54 Å². The van der Waals surface area contributed by atoms with Crippen LogP contribution in [0.5, 0.6) is 0 Å². The fraction of sp³-hybridized carbons (Fsp3) is 0.182. The normalized spacial score (nSPS) is 10.1. The highest BCUT2D eigenvalue weighted by atomic mass is 32.1. The fourth-order valence-electron chi connectivity index (χ4n) is 1.28. The molecule has 0 aliphatic heterocycles. The Labute approximate surface area is 87.6 Å². The summed E-state index contributed by atoms with van der Waals surface area (Å²) >= 11 is 1.67. The first kappa shape index (κ1) is 9.21. The molecule has 0 fully saturated rings. The molecule has 0 amide bonds. The Hall–Kier alpha value is -1.35. The Kier molecular flexibility index (Phi) is 2.79. The van der Waals surface area contributed by atoms with Crippen molar-refractivity contribution < 1.29 is 0 Å². The maximum atomic E-state index is 4.04. The summed E-state index contributed by atoms with van der Waals surface area (Å²) in [6.07, 6.45) is 1.90. The highest BCUT2D eigenvalue weighted by Crippen LogP contribution is 2.15. The average molecular weight is 204 g/mol. The Morgan fingerprint density at radius 2 is 2.21 bits per heavy atom. The van der Waals surface area contributed by atoms with E-state index in [2.05, 4.69) is 29.4 Å². The van der Waals surface area contributed by atoms with E-state index in [-0.39, 0.29) is 0 Å². The molecule has 1 aromatic carbocycles. The van der Waals surface area contributed by atoms with Gasteiger partial charge in [0, 0.05) is 16.8 Å². The van der Waals surface area contributed by atoms with Crippen LogP contribution in [0.2, 0.25) is 0 Å². The number of thiazole rings is 1. The Morgan fingerprint density at radius 3 is 2.93 bits per heavy atom. The number of hydrogen-bond donors (Lipinski definition) is 1. The second-order valence-electron chi connectivity index (χ2n) is 3.14. The summed E-state index contributed by atoms with van der Waals surface area (Å²) in [5.41, 5.74) is 4.33. The lowest BCUT2D eigenvalue weighted by molar-refractivity contribution is 1.16. The van der Waals surface area contributed by atoms with Crippen LogP contribution in [0.1, 0.15) is 10.4 Å². The third-order valence-corrected chi connectivity index (χ3v) is 2.86. The van der Waals surface area contributed by atoms with E-state index in [0.29, 0.717) is 0 Å². The van der Waals surface area contributed by atoms with E-state index in [0.717, 1.165) is 6.54 Å². The largest absolute Gasteiger partial charge is 0.380 e. The van der Waals surface area contributed by atoms with Crippen LogP contribution in [0, 0.1) is 6.92 Å². The van der Waals surface area contributed by atoms with Gasteiger partial charge in [-0.3, -0.25) is 4.98 Å². The van der Waals surface area contributed by atoms with Crippen LogP contribution >= 0.6 is 11.3 Å². The van der Waals surface area contributed by atoms with Crippen molar-refractivity contribution in [3.05, 3.63) is 46.4 Å². The zero-order chi connectivity index (χ0) is 9.80. The van der Waals surface area contributed by atoms with Crippen molar-refractivity contribution in [2.75, 3.05) is 5.32 Å². The lowest BCUT2D eigenvalue weighted by Gasteiger charge is -2.07. The molecular formula is C11H12N2S. The van der Waals surface area contributed by atoms with Gasteiger partial charge in [-0.25, -0.2) is 0 Å². The summed E-state index contributed by atoms with van der Waals surface area (Å²) in [6, 6.07) is 8.29. The van der Waals surface area contributed by atoms with E-state index >= 15 is 0 Å². The van der Waals surface area contributed by atoms with Crippen LogP contribution in [0.3, 0.4) is 0 Å². The van der Waals surface area contributed by atoms with Crippen molar-refractivity contribution in [3.63, 3.8) is 0 Å². The fourth-order valence-corrected chi connectivity index (χ4v) is 1.82. The van der Waals surface area contributed by atoms with E-state index in [4.69, 9.17) is 0 Å². The van der Waals surface area contributed by atoms with Crippen LogP contribution in [0.4, 0.5) is 5.69 Å². The molecule has 1 heterocycles. The van der Waals surface area contributed by atoms with Crippen LogP contribution in [0.15, 0.2) is 36.0 Å². The van der Waals surface area contributed by atoms with Gasteiger partial charge in [0.25, 0.3) is 0 Å². The van der Waals surface area contributed by atoms with Crippen LogP contribution in [0.25, 0.3) is 0 Å². The highest BCUT2D eigenvalue weighted by molar-refractivity contribution is 7.09. The molecule has 3 heteroatoms. The lowest BCUT2D eigenvalue weighted by Crippen LogP contribution is -1.98. The second-order valence-corrected chi connectivity index (χ2v) is 4.11. The molecule has 2 aromatic rings. The van der Waals surface area contributed by atoms with Gasteiger partial charge in [0.2, 0.25) is 0 Å². The SMILES string of the molecule is Cc1ccccc1NCc1cncs1. The topological polar surface area (TPSA) is 24.9 Å². The van der Waals surface area contributed by atoms with Gasteiger partial charge < -0.3 is 5.32 Å². The third kappa shape index (κ3) is 2.12. The Bertz CT molecular complexity index is 395. The van der Waals surface area contributed by atoms with Gasteiger partial charge in [-0.15, -0.1) is 11.3 Å². The first-order chi connectivity index (χ1) is 6.86. The molecule has 0 radical (unpaired) electrons. The van der Waals surface area contributed by atoms with Crippen molar-refractivity contribution >= 4 is 17.0 Å². The second kappa shape index (κ2) is 4.24. The van der Waals surface area contributed by atoms with Crippen molar-refractivity contribution in [2.45, 2.75) is 13.5 Å². The molecule has 0 atom stereocenters. The molecule has 14 heavy (non-hydrogen) atoms. The van der Waals surface area contributed by atoms with Crippen molar-refractivity contribution in [1.82, 2.24) is 4.98 Å². The molecule has 1 aromatic heterocycles. The maximum Gasteiger partial charge on any atom is 0.0794 e. The van der Waals surface area contributed by atoms with Gasteiger partial charge in [0.1, 0.15) is 0 Å². The van der Waals surface area contributed by atoms with Crippen molar-refractivity contribution in [2.24, 2.45) is 0 Å². The minimum Gasteiger partial charge on any atom is -0.380 e. The first-order valence-electron chi connectivity index (χ1n) is 4.53. The molecule has 72 valence electrons. The summed E-state index contributed by atoms with van der Waals surface area (Å²) in [6.45, 7) is 2.96. The van der Waals surface area contributed by atoms with Crippen molar-refractivity contribution in [3.8, 4) is 0 Å². The minimum atomic E-state index is 0.857. The number of para-hydroxylation sites is 1. The smallest absolute Gasteiger partial charge is 0.0794 e. The molecule has 2 rings (SSSR count). The standard InChI is InChI=1S/C11H12N2S/c1-9-4-2-3-5-11(9)13-7-10-6-12-8-14-10/h2-6,8,13H,7H2,1H3. The number of aromatic nitrogens is 1. The number of benzene rings is 1. The van der Waals surface area contributed by atoms with Crippen LogP contribution in [-0.4, -0.2) is 4.98 Å². The van der Waals surface area contributed by atoms with E-state index in [1.807, 2.05) is 23.8 Å². The Morgan fingerprint density at radius 1 is 1.36 bits per heavy atom. The number of anilines is 1. The molecule has 0 aliphatic carbocycles. The summed E-state index contributed by atoms with van der Waals surface area (Å²) in [7, 11) is 0. The molecular weight excluding hydrogens is 192 g/mol. The summed E-state index contributed by atoms with van der Waals surface area (Å²) in [5.74, 6) is 0. The Balaban J connectivity index is 2.02. The lowest BCUT2D eigenvalue weighted by atomic mass is 10.2. The first-order valence-corrected chi connectivity index (χ1v) is 5.41. The zero-order valence-corrected chi connectivity index (χ0v) is 8.84. The van der Waals surface area contributed by atoms with Gasteiger partial charge in [-0.2, -0.15) is 0 Å². The average Bonchev–Trinajstić information content (AvgIpc) is 2.69. The van der Waals surface area contributed by atoms with E-state index in [9.17, 15) is 0 Å². The minimum absolute atomic E-state index is 0.857. The summed E-state index contributed by atoms with van der Waals surface area (Å²) in [5, 5.41) is 3.39. The molecule has 0 spiro atoms. The summed E-state index contributed by atoms with van der Waals surface area (Å²) in [4.78, 5) is 5.29. The van der Waals surface area contributed by atoms with Gasteiger partial charge in [-0.05, 0) is 18.6 Å². The molecule has 0 unspecified atom stereocenters. The predicted octanol–water partition coefficient (Wildman–Crippen LogP) is 3.06. The van der Waals surface area contributed by atoms with Gasteiger partial charge in [0.15, 0.2) is 0 Å². The number of nitrogens with zero attached hydrogens (tertiary/aromatic N) is 1. The molecule has 1 N–H and O–H groups in total. The molecule has 0 saturated carbocycles. The molecule has 2 nitrogen and oxygen atoms in total. The van der Waals surface area contributed by atoms with Gasteiger partial charge in [-0.1, -0.05) is 18.2 Å². The monoisotopic (exact) mass is 204 g/mol. The quantitative estimate of drug-likeness (QED) is 0.831. The number of aryl methyl sites for hydroxylation is 1. The van der Waals surface area contributed by atoms with Gasteiger partial charge >= 0.3 is 0 Å². The third-order valence-electron chi connectivity index (χ3n) is 2.08. The number of hydrogen-bond acceptors (Lipinski definition) is 3. The van der Waals surface area contributed by atoms with E-state index < -0.39 is 0 Å².